The fourth-order valence-corrected chi connectivity index (χ4v) is 8.60. The lowest BCUT2D eigenvalue weighted by atomic mass is 10.1. The Kier molecular flexibility index (Phi) is 7.62. The Bertz CT molecular complexity index is 1380. The molecule has 1 unspecified atom stereocenters. The van der Waals surface area contributed by atoms with Gasteiger partial charge in [0.2, 0.25) is 10.0 Å². The van der Waals surface area contributed by atoms with Gasteiger partial charge in [-0.05, 0) is 37.6 Å². The van der Waals surface area contributed by atoms with Crippen molar-refractivity contribution in [2.45, 2.75) is 18.6 Å². The monoisotopic (exact) mass is 538 g/mol. The summed E-state index contributed by atoms with van der Waals surface area (Å²) in [6, 6.07) is 9.41. The van der Waals surface area contributed by atoms with Crippen LogP contribution in [0.4, 0.5) is 21.5 Å². The minimum Gasteiger partial charge on any atom is -0.492 e. The van der Waals surface area contributed by atoms with Crippen LogP contribution in [0.25, 0.3) is 10.9 Å². The summed E-state index contributed by atoms with van der Waals surface area (Å²) in [5.74, 6) is 0.684. The number of pyridine rings is 1. The zero-order valence-electron chi connectivity index (χ0n) is 18.0. The van der Waals surface area contributed by atoms with Crippen LogP contribution in [0.3, 0.4) is 0 Å². The van der Waals surface area contributed by atoms with Gasteiger partial charge in [0.05, 0.1) is 39.8 Å². The number of nitrogens with zero attached hydrogens (tertiary/aromatic N) is 2. The number of sulfonamides is 1. The lowest BCUT2D eigenvalue weighted by molar-refractivity contribution is 0.342. The average molecular weight is 539 g/mol. The second-order valence-corrected chi connectivity index (χ2v) is 12.4. The summed E-state index contributed by atoms with van der Waals surface area (Å²) in [6.45, 7) is 2.12. The molecule has 1 atom stereocenters. The Labute approximate surface area is 209 Å². The highest BCUT2D eigenvalue weighted by molar-refractivity contribution is 8.77. The largest absolute Gasteiger partial charge is 0.492 e. The first-order valence-electron chi connectivity index (χ1n) is 10.3. The quantitative estimate of drug-likeness (QED) is 0.340. The first-order chi connectivity index (χ1) is 16.3. The molecule has 1 saturated heterocycles. The van der Waals surface area contributed by atoms with E-state index in [1.54, 1.807) is 40.6 Å². The lowest BCUT2D eigenvalue weighted by Gasteiger charge is -2.17. The van der Waals surface area contributed by atoms with Crippen LogP contribution in [0.5, 0.6) is 5.75 Å². The summed E-state index contributed by atoms with van der Waals surface area (Å²) in [6.07, 6.45) is 2.24. The summed E-state index contributed by atoms with van der Waals surface area (Å²) in [5.41, 5.74) is 1.82. The number of nitrogens with one attached hydrogen (secondary N) is 2. The fraction of sp³-hybridized carbons (Fsp3) is 0.273. The zero-order chi connectivity index (χ0) is 24.3. The molecule has 1 aliphatic heterocycles. The van der Waals surface area contributed by atoms with Crippen molar-refractivity contribution in [1.29, 1.82) is 5.26 Å². The van der Waals surface area contributed by atoms with Gasteiger partial charge in [0.25, 0.3) is 0 Å². The molecule has 2 N–H and O–H groups in total. The highest BCUT2D eigenvalue weighted by Gasteiger charge is 2.25. The third-order valence-corrected chi connectivity index (χ3v) is 9.79. The SMILES string of the molecule is CCOc1cc2ncc(C#N)c(Nc3ccc(F)c(Cl)c3)c2cc1NS(=O)(=O)CC1CCSS1. The molecule has 3 aromatic rings. The number of halogens is 2. The molecule has 1 aliphatic rings. The zero-order valence-corrected chi connectivity index (χ0v) is 21.2. The number of hydrogen-bond acceptors (Lipinski definition) is 8. The van der Waals surface area contributed by atoms with Gasteiger partial charge in [-0.2, -0.15) is 5.26 Å². The predicted octanol–water partition coefficient (Wildman–Crippen LogP) is 5.94. The molecule has 0 radical (unpaired) electrons. The van der Waals surface area contributed by atoms with Crippen molar-refractivity contribution >= 4 is 71.2 Å². The van der Waals surface area contributed by atoms with Gasteiger partial charge in [-0.15, -0.1) is 0 Å². The number of fused-ring (bicyclic) bond motifs is 1. The van der Waals surface area contributed by atoms with E-state index in [4.69, 9.17) is 16.3 Å². The molecule has 1 fully saturated rings. The van der Waals surface area contributed by atoms with E-state index in [0.717, 1.165) is 12.2 Å². The average Bonchev–Trinajstić information content (AvgIpc) is 3.29. The van der Waals surface area contributed by atoms with Crippen molar-refractivity contribution in [2.75, 3.05) is 28.2 Å². The van der Waals surface area contributed by atoms with Crippen molar-refractivity contribution in [3.05, 3.63) is 52.9 Å². The fourth-order valence-electron chi connectivity index (χ4n) is 3.45. The third kappa shape index (κ3) is 5.63. The number of anilines is 3. The molecule has 34 heavy (non-hydrogen) atoms. The van der Waals surface area contributed by atoms with Crippen molar-refractivity contribution in [1.82, 2.24) is 4.98 Å². The lowest BCUT2D eigenvalue weighted by Crippen LogP contribution is -2.23. The first kappa shape index (κ1) is 24.7. The van der Waals surface area contributed by atoms with Crippen LogP contribution < -0.4 is 14.8 Å². The number of rotatable bonds is 8. The number of nitriles is 1. The van der Waals surface area contributed by atoms with Gasteiger partial charge in [-0.25, -0.2) is 12.8 Å². The van der Waals surface area contributed by atoms with E-state index in [1.165, 1.54) is 24.4 Å². The summed E-state index contributed by atoms with van der Waals surface area (Å²) >= 11 is 5.91. The first-order valence-corrected chi connectivity index (χ1v) is 14.7. The number of aromatic nitrogens is 1. The van der Waals surface area contributed by atoms with E-state index >= 15 is 0 Å². The molecule has 7 nitrogen and oxygen atoms in total. The highest BCUT2D eigenvalue weighted by Crippen LogP contribution is 2.40. The van der Waals surface area contributed by atoms with Crippen molar-refractivity contribution in [3.8, 4) is 11.8 Å². The molecule has 1 aromatic heterocycles. The van der Waals surface area contributed by atoms with Crippen LogP contribution in [-0.2, 0) is 10.0 Å². The Hall–Kier alpha value is -2.39. The Morgan fingerprint density at radius 2 is 2.18 bits per heavy atom. The number of hydrogen-bond donors (Lipinski definition) is 2. The Morgan fingerprint density at radius 3 is 2.85 bits per heavy atom. The Balaban J connectivity index is 1.78. The van der Waals surface area contributed by atoms with Gasteiger partial charge in [-0.1, -0.05) is 33.2 Å². The summed E-state index contributed by atoms with van der Waals surface area (Å²) < 4.78 is 47.7. The molecule has 2 heterocycles. The van der Waals surface area contributed by atoms with Crippen molar-refractivity contribution < 1.29 is 17.5 Å². The predicted molar refractivity (Wildman–Crippen MR) is 138 cm³/mol. The van der Waals surface area contributed by atoms with E-state index < -0.39 is 15.8 Å². The van der Waals surface area contributed by atoms with E-state index in [-0.39, 0.29) is 27.3 Å². The maximum Gasteiger partial charge on any atom is 0.233 e. The maximum atomic E-state index is 13.6. The van der Waals surface area contributed by atoms with E-state index in [2.05, 4.69) is 21.1 Å². The Morgan fingerprint density at radius 1 is 1.35 bits per heavy atom. The third-order valence-electron chi connectivity index (χ3n) is 4.98. The number of benzene rings is 2. The van der Waals surface area contributed by atoms with E-state index in [9.17, 15) is 18.1 Å². The smallest absolute Gasteiger partial charge is 0.233 e. The van der Waals surface area contributed by atoms with Gasteiger partial charge in [0, 0.05) is 34.3 Å². The van der Waals surface area contributed by atoms with Crippen LogP contribution in [0.1, 0.15) is 18.9 Å². The van der Waals surface area contributed by atoms with Crippen LogP contribution >= 0.6 is 33.2 Å². The van der Waals surface area contributed by atoms with Crippen LogP contribution in [-0.4, -0.2) is 36.8 Å². The minimum absolute atomic E-state index is 0.00998. The van der Waals surface area contributed by atoms with Gasteiger partial charge in [0.1, 0.15) is 17.6 Å². The molecule has 0 amide bonds. The van der Waals surface area contributed by atoms with Crippen molar-refractivity contribution in [2.24, 2.45) is 0 Å². The number of ether oxygens (including phenoxy) is 1. The molecule has 4 rings (SSSR count). The normalized spacial score (nSPS) is 15.8. The summed E-state index contributed by atoms with van der Waals surface area (Å²) in [4.78, 5) is 4.34. The molecular formula is C22H20ClFN4O3S3. The van der Waals surface area contributed by atoms with Crippen molar-refractivity contribution in [3.63, 3.8) is 0 Å². The maximum absolute atomic E-state index is 13.6. The second kappa shape index (κ2) is 10.5. The molecule has 0 aliphatic carbocycles. The molecule has 2 aromatic carbocycles. The van der Waals surface area contributed by atoms with Crippen LogP contribution in [0.15, 0.2) is 36.5 Å². The standard InChI is InChI=1S/C22H20ClFN4O3S3/c1-2-31-21-9-19-16(8-20(21)28-34(29,30)12-15-5-6-32-33-15)22(13(10-25)11-26-19)27-14-3-4-18(24)17(23)7-14/h3-4,7-9,11,15,28H,2,5-6,12H2,1H3,(H,26,27). The van der Waals surface area contributed by atoms with Gasteiger partial charge < -0.3 is 10.1 Å². The molecular weight excluding hydrogens is 519 g/mol. The summed E-state index contributed by atoms with van der Waals surface area (Å²) in [5, 5.41) is 13.2. The molecule has 0 spiro atoms. The summed E-state index contributed by atoms with van der Waals surface area (Å²) in [7, 11) is -0.403. The minimum atomic E-state index is -3.65. The molecule has 0 bridgehead atoms. The van der Waals surface area contributed by atoms with Crippen LogP contribution in [0, 0.1) is 17.1 Å². The molecule has 12 heteroatoms. The van der Waals surface area contributed by atoms with E-state index in [1.807, 2.05) is 0 Å². The second-order valence-electron chi connectivity index (χ2n) is 7.42. The van der Waals surface area contributed by atoms with Crippen LogP contribution in [0.2, 0.25) is 5.02 Å². The van der Waals surface area contributed by atoms with Gasteiger partial charge in [0.15, 0.2) is 0 Å². The molecule has 0 saturated carbocycles. The van der Waals surface area contributed by atoms with Gasteiger partial charge >= 0.3 is 0 Å². The van der Waals surface area contributed by atoms with Gasteiger partial charge in [-0.3, -0.25) is 9.71 Å². The topological polar surface area (TPSA) is 104 Å². The molecule has 178 valence electrons. The highest BCUT2D eigenvalue weighted by atomic mass is 35.5. The van der Waals surface area contributed by atoms with E-state index in [0.29, 0.717) is 34.6 Å².